The molecular formula is C23H31NO5. The van der Waals surface area contributed by atoms with Gasteiger partial charge in [-0.15, -0.1) is 0 Å². The number of rotatable bonds is 12. The first-order valence-corrected chi connectivity index (χ1v) is 9.74. The van der Waals surface area contributed by atoms with Crippen molar-refractivity contribution >= 4 is 5.97 Å². The van der Waals surface area contributed by atoms with Gasteiger partial charge < -0.3 is 24.7 Å². The Morgan fingerprint density at radius 2 is 1.38 bits per heavy atom. The van der Waals surface area contributed by atoms with Crippen LogP contribution in [0.25, 0.3) is 0 Å². The molecule has 2 N–H and O–H groups in total. The second-order valence-electron chi connectivity index (χ2n) is 6.96. The molecule has 0 amide bonds. The summed E-state index contributed by atoms with van der Waals surface area (Å²) in [5.41, 5.74) is 8.31. The number of carbonyl (C=O) groups excluding carboxylic acids is 1. The van der Waals surface area contributed by atoms with Gasteiger partial charge in [0.25, 0.3) is 0 Å². The van der Waals surface area contributed by atoms with Crippen molar-refractivity contribution in [2.24, 2.45) is 5.73 Å². The summed E-state index contributed by atoms with van der Waals surface area (Å²) < 4.78 is 23.1. The molecule has 29 heavy (non-hydrogen) atoms. The molecule has 3 unspecified atom stereocenters. The summed E-state index contributed by atoms with van der Waals surface area (Å²) in [4.78, 5) is 11.3. The lowest BCUT2D eigenvalue weighted by Crippen LogP contribution is -2.51. The minimum absolute atomic E-state index is 0.0587. The Labute approximate surface area is 172 Å². The zero-order valence-corrected chi connectivity index (χ0v) is 17.3. The Morgan fingerprint density at radius 3 is 1.79 bits per heavy atom. The molecule has 0 aliphatic carbocycles. The highest BCUT2D eigenvalue weighted by molar-refractivity contribution is 5.65. The molecule has 0 heterocycles. The van der Waals surface area contributed by atoms with Gasteiger partial charge in [-0.05, 0) is 18.1 Å². The quantitative estimate of drug-likeness (QED) is 0.551. The molecule has 6 heteroatoms. The van der Waals surface area contributed by atoms with E-state index in [1.54, 1.807) is 7.11 Å². The van der Waals surface area contributed by atoms with Crippen molar-refractivity contribution < 1.29 is 23.7 Å². The van der Waals surface area contributed by atoms with Gasteiger partial charge in [0.15, 0.2) is 0 Å². The van der Waals surface area contributed by atoms with Crippen LogP contribution in [0.1, 0.15) is 25.0 Å². The lowest BCUT2D eigenvalue weighted by molar-refractivity contribution is -0.168. The third kappa shape index (κ3) is 7.95. The van der Waals surface area contributed by atoms with E-state index >= 15 is 0 Å². The van der Waals surface area contributed by atoms with E-state index in [2.05, 4.69) is 0 Å². The number of carbonyl (C=O) groups is 1. The Bertz CT molecular complexity index is 708. The topological polar surface area (TPSA) is 80.0 Å². The average Bonchev–Trinajstić information content (AvgIpc) is 2.72. The van der Waals surface area contributed by atoms with Crippen molar-refractivity contribution in [1.82, 2.24) is 0 Å². The minimum atomic E-state index is -0.525. The van der Waals surface area contributed by atoms with Crippen LogP contribution in [0.3, 0.4) is 0 Å². The van der Waals surface area contributed by atoms with Crippen LogP contribution in [0.4, 0.5) is 0 Å². The van der Waals surface area contributed by atoms with E-state index < -0.39 is 18.3 Å². The molecule has 158 valence electrons. The first-order valence-electron chi connectivity index (χ1n) is 9.74. The largest absolute Gasteiger partial charge is 0.463 e. The molecule has 0 saturated heterocycles. The lowest BCUT2D eigenvalue weighted by Gasteiger charge is -2.34. The van der Waals surface area contributed by atoms with E-state index in [-0.39, 0.29) is 18.6 Å². The van der Waals surface area contributed by atoms with E-state index in [1.165, 1.54) is 6.92 Å². The molecule has 0 fully saturated rings. The predicted octanol–water partition coefficient (Wildman–Crippen LogP) is 3.08. The third-order valence-electron chi connectivity index (χ3n) is 4.53. The molecule has 2 aromatic carbocycles. The van der Waals surface area contributed by atoms with E-state index in [9.17, 15) is 4.79 Å². The average molecular weight is 402 g/mol. The van der Waals surface area contributed by atoms with Gasteiger partial charge in [-0.2, -0.15) is 0 Å². The standard InChI is InChI=1S/C23H31NO5/c1-17(24)22(28-14-19-10-6-4-7-11-19)23(21(26-3)16-27-18(2)25)29-15-20-12-8-5-9-13-20/h4-13,17,21-23H,14-16,24H2,1-3H3/t17-,21?,22?,23?/m1/s1. The van der Waals surface area contributed by atoms with E-state index in [1.807, 2.05) is 67.6 Å². The number of methoxy groups -OCH3 is 1. The first kappa shape index (κ1) is 23.0. The van der Waals surface area contributed by atoms with Crippen LogP contribution in [-0.2, 0) is 37.0 Å². The second-order valence-corrected chi connectivity index (χ2v) is 6.96. The van der Waals surface area contributed by atoms with E-state index in [0.717, 1.165) is 11.1 Å². The molecule has 0 spiro atoms. The Morgan fingerprint density at radius 1 is 0.897 bits per heavy atom. The number of ether oxygens (including phenoxy) is 4. The van der Waals surface area contributed by atoms with E-state index in [0.29, 0.717) is 13.2 Å². The molecule has 0 aliphatic heterocycles. The Kier molecular flexibility index (Phi) is 9.80. The highest BCUT2D eigenvalue weighted by Crippen LogP contribution is 2.19. The zero-order valence-electron chi connectivity index (χ0n) is 17.3. The summed E-state index contributed by atoms with van der Waals surface area (Å²) in [6.45, 7) is 4.05. The van der Waals surface area contributed by atoms with Crippen molar-refractivity contribution in [3.05, 3.63) is 71.8 Å². The van der Waals surface area contributed by atoms with Gasteiger partial charge in [0, 0.05) is 20.1 Å². The molecule has 0 bridgehead atoms. The van der Waals surface area contributed by atoms with E-state index in [4.69, 9.17) is 24.7 Å². The fourth-order valence-corrected chi connectivity index (χ4v) is 2.99. The maximum absolute atomic E-state index is 11.3. The van der Waals surface area contributed by atoms with Crippen molar-refractivity contribution in [1.29, 1.82) is 0 Å². The normalized spacial score (nSPS) is 15.3. The SMILES string of the molecule is COC(COC(C)=O)C(OCc1ccccc1)C(OCc1ccccc1)[C@@H](C)N. The number of benzene rings is 2. The van der Waals surface area contributed by atoms with Crippen LogP contribution < -0.4 is 5.73 Å². The van der Waals surface area contributed by atoms with Crippen molar-refractivity contribution in [3.63, 3.8) is 0 Å². The number of esters is 1. The summed E-state index contributed by atoms with van der Waals surface area (Å²) in [5.74, 6) is -0.378. The maximum Gasteiger partial charge on any atom is 0.302 e. The van der Waals surface area contributed by atoms with Crippen LogP contribution in [0.5, 0.6) is 0 Å². The lowest BCUT2D eigenvalue weighted by atomic mass is 10.0. The van der Waals surface area contributed by atoms with Crippen molar-refractivity contribution in [3.8, 4) is 0 Å². The van der Waals surface area contributed by atoms with Crippen LogP contribution in [-0.4, -0.2) is 44.0 Å². The smallest absolute Gasteiger partial charge is 0.302 e. The number of hydrogen-bond acceptors (Lipinski definition) is 6. The number of nitrogens with two attached hydrogens (primary N) is 1. The van der Waals surface area contributed by atoms with Gasteiger partial charge in [0.05, 0.1) is 13.2 Å². The van der Waals surface area contributed by atoms with Crippen LogP contribution in [0, 0.1) is 0 Å². The third-order valence-corrected chi connectivity index (χ3v) is 4.53. The van der Waals surface area contributed by atoms with Crippen LogP contribution >= 0.6 is 0 Å². The van der Waals surface area contributed by atoms with Crippen LogP contribution in [0.15, 0.2) is 60.7 Å². The first-order chi connectivity index (χ1) is 14.0. The highest BCUT2D eigenvalue weighted by atomic mass is 16.6. The Hall–Kier alpha value is -2.25. The van der Waals surface area contributed by atoms with Crippen molar-refractivity contribution in [2.75, 3.05) is 13.7 Å². The van der Waals surface area contributed by atoms with Gasteiger partial charge in [-0.3, -0.25) is 4.79 Å². The van der Waals surface area contributed by atoms with Crippen molar-refractivity contribution in [2.45, 2.75) is 51.4 Å². The fraction of sp³-hybridized carbons (Fsp3) is 0.435. The summed E-state index contributed by atoms with van der Waals surface area (Å²) in [6, 6.07) is 19.4. The minimum Gasteiger partial charge on any atom is -0.463 e. The molecule has 2 aromatic rings. The zero-order chi connectivity index (χ0) is 21.1. The predicted molar refractivity (Wildman–Crippen MR) is 111 cm³/mol. The molecular weight excluding hydrogens is 370 g/mol. The maximum atomic E-state index is 11.3. The summed E-state index contributed by atoms with van der Waals surface area (Å²) >= 11 is 0. The molecule has 2 rings (SSSR count). The van der Waals surface area contributed by atoms with Crippen LogP contribution in [0.2, 0.25) is 0 Å². The molecule has 6 nitrogen and oxygen atoms in total. The fourth-order valence-electron chi connectivity index (χ4n) is 2.99. The molecule has 0 saturated carbocycles. The second kappa shape index (κ2) is 12.3. The summed E-state index contributed by atoms with van der Waals surface area (Å²) in [7, 11) is 1.56. The summed E-state index contributed by atoms with van der Waals surface area (Å²) in [6.07, 6.45) is -1.50. The molecule has 0 aromatic heterocycles. The summed E-state index contributed by atoms with van der Waals surface area (Å²) in [5, 5.41) is 0. The Balaban J connectivity index is 2.16. The highest BCUT2D eigenvalue weighted by Gasteiger charge is 2.35. The van der Waals surface area contributed by atoms with Gasteiger partial charge in [0.2, 0.25) is 0 Å². The van der Waals surface area contributed by atoms with Gasteiger partial charge in [-0.25, -0.2) is 0 Å². The van der Waals surface area contributed by atoms with Gasteiger partial charge in [-0.1, -0.05) is 60.7 Å². The molecule has 0 aliphatic rings. The van der Waals surface area contributed by atoms with Gasteiger partial charge >= 0.3 is 5.97 Å². The molecule has 0 radical (unpaired) electrons. The monoisotopic (exact) mass is 401 g/mol. The van der Waals surface area contributed by atoms with Gasteiger partial charge in [0.1, 0.15) is 24.9 Å². The molecule has 4 atom stereocenters. The number of hydrogen-bond donors (Lipinski definition) is 1.